The molecule has 116 valence electrons. The third-order valence-corrected chi connectivity index (χ3v) is 5.04. The molecule has 1 rings (SSSR count). The quantitative estimate of drug-likeness (QED) is 0.724. The van der Waals surface area contributed by atoms with E-state index in [4.69, 9.17) is 4.42 Å². The van der Waals surface area contributed by atoms with E-state index < -0.39 is 15.6 Å². The summed E-state index contributed by atoms with van der Waals surface area (Å²) < 4.78 is 33.0. The van der Waals surface area contributed by atoms with Crippen LogP contribution in [0.3, 0.4) is 0 Å². The molecule has 0 aliphatic carbocycles. The summed E-state index contributed by atoms with van der Waals surface area (Å²) in [5.41, 5.74) is -0.469. The molecule has 1 aromatic heterocycles. The van der Waals surface area contributed by atoms with Gasteiger partial charge in [-0.05, 0) is 40.2 Å². The van der Waals surface area contributed by atoms with Crippen LogP contribution in [0.25, 0.3) is 0 Å². The smallest absolute Gasteiger partial charge is 0.244 e. The molecule has 0 bridgehead atoms. The lowest BCUT2D eigenvalue weighted by atomic mass is 10.0. The number of nitrogens with one attached hydrogen (secondary N) is 2. The van der Waals surface area contributed by atoms with Crippen molar-refractivity contribution in [3.05, 3.63) is 17.6 Å². The Hall–Kier alpha value is -0.850. The highest BCUT2D eigenvalue weighted by Gasteiger charge is 2.27. The average molecular weight is 302 g/mol. The van der Waals surface area contributed by atoms with E-state index in [0.29, 0.717) is 24.5 Å². The summed E-state index contributed by atoms with van der Waals surface area (Å²) in [6.07, 6.45) is 1.74. The van der Waals surface area contributed by atoms with Gasteiger partial charge in [0.25, 0.3) is 0 Å². The van der Waals surface area contributed by atoms with E-state index in [2.05, 4.69) is 17.0 Å². The van der Waals surface area contributed by atoms with Crippen LogP contribution in [-0.2, 0) is 16.6 Å². The third-order valence-electron chi connectivity index (χ3n) is 3.23. The van der Waals surface area contributed by atoms with Gasteiger partial charge in [0.15, 0.2) is 0 Å². The number of sulfonamides is 1. The number of aryl methyl sites for hydroxylation is 1. The van der Waals surface area contributed by atoms with Crippen LogP contribution < -0.4 is 10.0 Å². The van der Waals surface area contributed by atoms with E-state index >= 15 is 0 Å². The van der Waals surface area contributed by atoms with Crippen molar-refractivity contribution in [3.63, 3.8) is 0 Å². The van der Waals surface area contributed by atoms with Gasteiger partial charge in [-0.2, -0.15) is 0 Å². The number of furan rings is 1. The minimum Gasteiger partial charge on any atom is -0.464 e. The van der Waals surface area contributed by atoms with Crippen molar-refractivity contribution in [2.24, 2.45) is 0 Å². The zero-order chi connectivity index (χ0) is 15.4. The van der Waals surface area contributed by atoms with Crippen LogP contribution in [0.4, 0.5) is 0 Å². The van der Waals surface area contributed by atoms with E-state index in [1.54, 1.807) is 13.0 Å². The Morgan fingerprint density at radius 2 is 1.95 bits per heavy atom. The van der Waals surface area contributed by atoms with E-state index in [9.17, 15) is 8.42 Å². The van der Waals surface area contributed by atoms with E-state index in [0.717, 1.165) is 13.0 Å². The molecule has 0 saturated carbocycles. The Bertz CT molecular complexity index is 533. The van der Waals surface area contributed by atoms with Gasteiger partial charge in [-0.25, -0.2) is 13.1 Å². The number of hydrogen-bond donors (Lipinski definition) is 2. The van der Waals surface area contributed by atoms with Gasteiger partial charge in [-0.15, -0.1) is 0 Å². The van der Waals surface area contributed by atoms with Crippen molar-refractivity contribution in [2.75, 3.05) is 6.54 Å². The Morgan fingerprint density at radius 3 is 2.50 bits per heavy atom. The van der Waals surface area contributed by atoms with Crippen LogP contribution in [0.1, 0.15) is 52.1 Å². The summed E-state index contributed by atoms with van der Waals surface area (Å²) in [6, 6.07) is 1.60. The molecule has 0 aliphatic rings. The lowest BCUT2D eigenvalue weighted by molar-refractivity contribution is 0.436. The van der Waals surface area contributed by atoms with Crippen LogP contribution in [0.5, 0.6) is 0 Å². The standard InChI is InChI=1S/C14H26N2O3S/c1-6-8-15-10-12-9-13(11(3)19-12)20(17,18)16-14(4,5)7-2/h9,15-16H,6-8,10H2,1-5H3. The van der Waals surface area contributed by atoms with Crippen molar-refractivity contribution in [2.45, 2.75) is 64.4 Å². The first-order chi connectivity index (χ1) is 9.22. The normalized spacial score (nSPS) is 12.8. The Labute approximate surface area is 122 Å². The van der Waals surface area contributed by atoms with Crippen LogP contribution >= 0.6 is 0 Å². The third kappa shape index (κ3) is 4.61. The lowest BCUT2D eigenvalue weighted by Gasteiger charge is -2.23. The molecule has 0 fully saturated rings. The second kappa shape index (κ2) is 6.74. The maximum Gasteiger partial charge on any atom is 0.244 e. The van der Waals surface area contributed by atoms with Crippen molar-refractivity contribution in [1.82, 2.24) is 10.0 Å². The molecule has 1 aromatic rings. The zero-order valence-corrected chi connectivity index (χ0v) is 13.9. The minimum absolute atomic E-state index is 0.229. The summed E-state index contributed by atoms with van der Waals surface area (Å²) >= 11 is 0. The monoisotopic (exact) mass is 302 g/mol. The fourth-order valence-electron chi connectivity index (χ4n) is 1.76. The maximum absolute atomic E-state index is 12.4. The zero-order valence-electron chi connectivity index (χ0n) is 13.0. The Balaban J connectivity index is 2.90. The largest absolute Gasteiger partial charge is 0.464 e. The van der Waals surface area contributed by atoms with Crippen LogP contribution in [0.15, 0.2) is 15.4 Å². The summed E-state index contributed by atoms with van der Waals surface area (Å²) in [4.78, 5) is 0.229. The molecule has 6 heteroatoms. The molecule has 0 radical (unpaired) electrons. The highest BCUT2D eigenvalue weighted by molar-refractivity contribution is 7.89. The van der Waals surface area contributed by atoms with Gasteiger partial charge in [0, 0.05) is 11.6 Å². The summed E-state index contributed by atoms with van der Waals surface area (Å²) in [5, 5.41) is 3.19. The van der Waals surface area contributed by atoms with Gasteiger partial charge in [-0.1, -0.05) is 13.8 Å². The van der Waals surface area contributed by atoms with Gasteiger partial charge in [0.05, 0.1) is 6.54 Å². The van der Waals surface area contributed by atoms with E-state index in [-0.39, 0.29) is 4.90 Å². The van der Waals surface area contributed by atoms with Crippen molar-refractivity contribution in [1.29, 1.82) is 0 Å². The van der Waals surface area contributed by atoms with Crippen molar-refractivity contribution >= 4 is 10.0 Å². The first-order valence-electron chi connectivity index (χ1n) is 7.06. The molecule has 0 spiro atoms. The molecule has 5 nitrogen and oxygen atoms in total. The molecular formula is C14H26N2O3S. The first kappa shape index (κ1) is 17.2. The van der Waals surface area contributed by atoms with Crippen LogP contribution in [0.2, 0.25) is 0 Å². The predicted octanol–water partition coefficient (Wildman–Crippen LogP) is 2.55. The molecule has 0 aliphatic heterocycles. The highest BCUT2D eigenvalue weighted by atomic mass is 32.2. The molecule has 0 atom stereocenters. The van der Waals surface area contributed by atoms with E-state index in [1.807, 2.05) is 20.8 Å². The number of rotatable bonds is 8. The molecule has 0 unspecified atom stereocenters. The average Bonchev–Trinajstić information content (AvgIpc) is 2.70. The SMILES string of the molecule is CCCNCc1cc(S(=O)(=O)NC(C)(C)CC)c(C)o1. The summed E-state index contributed by atoms with van der Waals surface area (Å²) in [7, 11) is -3.54. The molecule has 20 heavy (non-hydrogen) atoms. The first-order valence-corrected chi connectivity index (χ1v) is 8.54. The molecule has 0 saturated heterocycles. The van der Waals surface area contributed by atoms with Gasteiger partial charge in [0.2, 0.25) is 10.0 Å². The highest BCUT2D eigenvalue weighted by Crippen LogP contribution is 2.22. The molecular weight excluding hydrogens is 276 g/mol. The van der Waals surface area contributed by atoms with Crippen LogP contribution in [0, 0.1) is 6.92 Å². The minimum atomic E-state index is -3.54. The van der Waals surface area contributed by atoms with Gasteiger partial charge in [0.1, 0.15) is 16.4 Å². The molecule has 0 amide bonds. The summed E-state index contributed by atoms with van der Waals surface area (Å²) in [5.74, 6) is 1.07. The topological polar surface area (TPSA) is 71.3 Å². The molecule has 2 N–H and O–H groups in total. The summed E-state index contributed by atoms with van der Waals surface area (Å²) in [6.45, 7) is 10.9. The molecule has 1 heterocycles. The fraction of sp³-hybridized carbons (Fsp3) is 0.714. The van der Waals surface area contributed by atoms with Crippen LogP contribution in [-0.4, -0.2) is 20.5 Å². The van der Waals surface area contributed by atoms with Crippen molar-refractivity contribution in [3.8, 4) is 0 Å². The van der Waals surface area contributed by atoms with E-state index in [1.165, 1.54) is 0 Å². The van der Waals surface area contributed by atoms with Gasteiger partial charge >= 0.3 is 0 Å². The van der Waals surface area contributed by atoms with Crippen molar-refractivity contribution < 1.29 is 12.8 Å². The van der Waals surface area contributed by atoms with Gasteiger partial charge in [-0.3, -0.25) is 0 Å². The fourth-order valence-corrected chi connectivity index (χ4v) is 3.45. The Morgan fingerprint density at radius 1 is 1.30 bits per heavy atom. The Kier molecular flexibility index (Phi) is 5.79. The second-order valence-corrected chi connectivity index (χ2v) is 7.30. The lowest BCUT2D eigenvalue weighted by Crippen LogP contribution is -2.42. The number of hydrogen-bond acceptors (Lipinski definition) is 4. The second-order valence-electron chi connectivity index (χ2n) is 5.65. The molecule has 0 aromatic carbocycles. The van der Waals surface area contributed by atoms with Gasteiger partial charge < -0.3 is 9.73 Å². The predicted molar refractivity (Wildman–Crippen MR) is 80.1 cm³/mol. The maximum atomic E-state index is 12.4.